The topological polar surface area (TPSA) is 169 Å². The molecule has 1 aliphatic heterocycles. The Morgan fingerprint density at radius 3 is 2.53 bits per heavy atom. The van der Waals surface area contributed by atoms with Crippen LogP contribution in [0.1, 0.15) is 97.5 Å². The van der Waals surface area contributed by atoms with Crippen LogP contribution in [0.2, 0.25) is 0 Å². The van der Waals surface area contributed by atoms with Crippen LogP contribution >= 0.6 is 0 Å². The molecule has 13 nitrogen and oxygen atoms in total. The summed E-state index contributed by atoms with van der Waals surface area (Å²) < 4.78 is 52.5. The maximum Gasteiger partial charge on any atom is 0.412 e. The van der Waals surface area contributed by atoms with Crippen LogP contribution in [0.15, 0.2) is 89.1 Å². The Balaban J connectivity index is 1.66. The quantitative estimate of drug-likeness (QED) is 0.0613. The van der Waals surface area contributed by atoms with Gasteiger partial charge in [-0.2, -0.15) is 4.31 Å². The first-order valence-electron chi connectivity index (χ1n) is 21.4. The van der Waals surface area contributed by atoms with Gasteiger partial charge in [0.15, 0.2) is 0 Å². The molecule has 6 atom stereocenters. The van der Waals surface area contributed by atoms with Crippen molar-refractivity contribution < 1.29 is 42.5 Å². The van der Waals surface area contributed by atoms with Crippen LogP contribution in [-0.2, 0) is 19.6 Å². The van der Waals surface area contributed by atoms with E-state index in [4.69, 9.17) is 24.2 Å². The van der Waals surface area contributed by atoms with Crippen molar-refractivity contribution in [2.24, 2.45) is 22.9 Å². The molecule has 2 aromatic carbocycles. The van der Waals surface area contributed by atoms with Gasteiger partial charge >= 0.3 is 6.09 Å². The summed E-state index contributed by atoms with van der Waals surface area (Å²) in [6.07, 6.45) is 9.74. The Bertz CT molecular complexity index is 2150. The number of hydrogen-bond donors (Lipinski definition) is 3. The number of allylic oxidation sites excluding steroid dienone is 1. The lowest BCUT2D eigenvalue weighted by Gasteiger charge is -2.59. The van der Waals surface area contributed by atoms with Crippen molar-refractivity contribution in [1.82, 2.24) is 14.6 Å². The van der Waals surface area contributed by atoms with Crippen LogP contribution in [0.3, 0.4) is 0 Å². The molecule has 6 rings (SSSR count). The van der Waals surface area contributed by atoms with Gasteiger partial charge < -0.3 is 34.6 Å². The number of aromatic nitrogens is 1. The van der Waals surface area contributed by atoms with Crippen LogP contribution in [-0.4, -0.2) is 90.1 Å². The molecule has 0 unspecified atom stereocenters. The highest BCUT2D eigenvalue weighted by Crippen LogP contribution is 2.62. The molecule has 1 amide bonds. The first-order chi connectivity index (χ1) is 28.8. The van der Waals surface area contributed by atoms with E-state index >= 15 is 8.42 Å². The zero-order chi connectivity index (χ0) is 43.1. The summed E-state index contributed by atoms with van der Waals surface area (Å²) in [6.45, 7) is 14.2. The Kier molecular flexibility index (Phi) is 14.7. The molecule has 3 N–H and O–H groups in total. The van der Waals surface area contributed by atoms with E-state index < -0.39 is 39.5 Å². The van der Waals surface area contributed by atoms with Gasteiger partial charge in [0.05, 0.1) is 29.8 Å². The summed E-state index contributed by atoms with van der Waals surface area (Å²) >= 11 is 0. The molecule has 0 radical (unpaired) electrons. The molecular formula is C46H62N4O9S. The normalized spacial score (nSPS) is 24.3. The second-order valence-corrected chi connectivity index (χ2v) is 18.7. The average Bonchev–Trinajstić information content (AvgIpc) is 3.22. The van der Waals surface area contributed by atoms with Crippen molar-refractivity contribution >= 4 is 32.7 Å². The number of nitrogens with zero attached hydrogens (tertiary/aromatic N) is 3. The molecular weight excluding hydrogens is 785 g/mol. The van der Waals surface area contributed by atoms with Gasteiger partial charge in [-0.3, -0.25) is 4.98 Å². The van der Waals surface area contributed by atoms with Crippen LogP contribution in [0.25, 0.3) is 10.9 Å². The maximum atomic E-state index is 15.5. The van der Waals surface area contributed by atoms with Gasteiger partial charge in [0, 0.05) is 55.8 Å². The molecule has 0 saturated heterocycles. The Hall–Kier alpha value is -4.34. The largest absolute Gasteiger partial charge is 0.460 e. The standard InChI is InChI=1S/C46H62N4O9S/c1-7-24-50(60(54,55)39-20-14-17-31-18-15-23-48-43(31)39)40-30-37(49-59-45(4,5)6)35-28-32(16-10-12-25-51)34(19-11-13-26-52)41-36-29-33(57-44(53)47-9-3)21-22-38(36)58-46(40,42(35)41)56-27-8-2/h8,14-15,17-18,20-23,28-29,32,34,40-42,51-52H,2,7,9-13,16,19,24-27,30H2,1,3-6H3,(H,47,53)/t32-,34+,40-,41+,42+,46+/m0/s1. The van der Waals surface area contributed by atoms with Crippen molar-refractivity contribution in [3.63, 3.8) is 0 Å². The van der Waals surface area contributed by atoms with E-state index in [9.17, 15) is 15.0 Å². The number of amides is 1. The maximum absolute atomic E-state index is 15.5. The van der Waals surface area contributed by atoms with Gasteiger partial charge in [-0.05, 0) is 108 Å². The highest BCUT2D eigenvalue weighted by molar-refractivity contribution is 7.89. The van der Waals surface area contributed by atoms with Crippen molar-refractivity contribution in [1.29, 1.82) is 0 Å². The number of nitrogens with one attached hydrogen (secondary N) is 1. The number of para-hydroxylation sites is 1. The third kappa shape index (κ3) is 9.42. The Morgan fingerprint density at radius 2 is 1.83 bits per heavy atom. The summed E-state index contributed by atoms with van der Waals surface area (Å²) in [5.74, 6) is -1.83. The molecule has 2 aliphatic carbocycles. The minimum atomic E-state index is -4.30. The molecule has 3 aromatic rings. The molecule has 0 spiro atoms. The van der Waals surface area contributed by atoms with Crippen molar-refractivity contribution in [3.8, 4) is 11.5 Å². The number of aliphatic hydroxyl groups excluding tert-OH is 2. The van der Waals surface area contributed by atoms with Crippen molar-refractivity contribution in [3.05, 3.63) is 84.6 Å². The number of oxime groups is 1. The average molecular weight is 847 g/mol. The van der Waals surface area contributed by atoms with E-state index in [-0.39, 0.29) is 55.4 Å². The summed E-state index contributed by atoms with van der Waals surface area (Å²) in [4.78, 5) is 23.6. The van der Waals surface area contributed by atoms with Crippen LogP contribution in [0, 0.1) is 17.8 Å². The fourth-order valence-electron chi connectivity index (χ4n) is 9.24. The summed E-state index contributed by atoms with van der Waals surface area (Å²) in [6, 6.07) is 13.2. The van der Waals surface area contributed by atoms with E-state index in [2.05, 4.69) is 23.0 Å². The number of hydrogen-bond acceptors (Lipinski definition) is 11. The van der Waals surface area contributed by atoms with E-state index in [0.29, 0.717) is 53.9 Å². The number of aliphatic hydroxyl groups is 2. The van der Waals surface area contributed by atoms with E-state index in [1.807, 2.05) is 52.8 Å². The first-order valence-corrected chi connectivity index (χ1v) is 22.8. The lowest BCUT2D eigenvalue weighted by molar-refractivity contribution is -0.251. The van der Waals surface area contributed by atoms with Gasteiger partial charge in [-0.1, -0.05) is 55.3 Å². The van der Waals surface area contributed by atoms with Crippen LogP contribution in [0.5, 0.6) is 11.5 Å². The summed E-state index contributed by atoms with van der Waals surface area (Å²) in [5, 5.41) is 28.1. The second kappa shape index (κ2) is 19.6. The minimum Gasteiger partial charge on any atom is -0.460 e. The minimum absolute atomic E-state index is 0.00358. The zero-order valence-corrected chi connectivity index (χ0v) is 36.5. The Labute approximate surface area is 354 Å². The van der Waals surface area contributed by atoms with E-state index in [0.717, 1.165) is 36.8 Å². The molecule has 2 heterocycles. The smallest absolute Gasteiger partial charge is 0.412 e. The fraction of sp³-hybridized carbons (Fsp3) is 0.543. The van der Waals surface area contributed by atoms with Crippen LogP contribution < -0.4 is 14.8 Å². The number of carbonyl (C=O) groups is 1. The molecule has 1 saturated carbocycles. The lowest BCUT2D eigenvalue weighted by Crippen LogP contribution is -2.70. The number of ether oxygens (including phenoxy) is 3. The number of unbranched alkanes of at least 4 members (excludes halogenated alkanes) is 2. The molecule has 0 bridgehead atoms. The molecule has 60 heavy (non-hydrogen) atoms. The number of benzene rings is 2. The van der Waals surface area contributed by atoms with E-state index in [1.54, 1.807) is 42.6 Å². The monoisotopic (exact) mass is 846 g/mol. The second-order valence-electron chi connectivity index (χ2n) is 16.8. The predicted molar refractivity (Wildman–Crippen MR) is 231 cm³/mol. The van der Waals surface area contributed by atoms with Gasteiger partial charge in [-0.25, -0.2) is 13.2 Å². The van der Waals surface area contributed by atoms with Crippen LogP contribution in [0.4, 0.5) is 4.79 Å². The summed E-state index contributed by atoms with van der Waals surface area (Å²) in [7, 11) is -4.30. The number of sulfonamides is 1. The van der Waals surface area contributed by atoms with Gasteiger partial charge in [0.25, 0.3) is 0 Å². The number of fused-ring (bicyclic) bond motifs is 3. The zero-order valence-electron chi connectivity index (χ0n) is 35.6. The lowest BCUT2D eigenvalue weighted by atomic mass is 9.55. The number of rotatable bonds is 19. The van der Waals surface area contributed by atoms with Gasteiger partial charge in [0.2, 0.25) is 15.8 Å². The third-order valence-electron chi connectivity index (χ3n) is 11.6. The van der Waals surface area contributed by atoms with Gasteiger partial charge in [0.1, 0.15) is 22.0 Å². The highest BCUT2D eigenvalue weighted by atomic mass is 32.2. The molecule has 14 heteroatoms. The van der Waals surface area contributed by atoms with Crippen molar-refractivity contribution in [2.45, 2.75) is 114 Å². The third-order valence-corrected chi connectivity index (χ3v) is 13.5. The highest BCUT2D eigenvalue weighted by Gasteiger charge is 2.66. The predicted octanol–water partition coefficient (Wildman–Crippen LogP) is 7.88. The molecule has 3 aliphatic rings. The molecule has 1 aromatic heterocycles. The Morgan fingerprint density at radius 1 is 1.08 bits per heavy atom. The number of pyridine rings is 1. The number of carbonyl (C=O) groups excluding carboxylic acids is 1. The van der Waals surface area contributed by atoms with E-state index in [1.165, 1.54) is 4.31 Å². The summed E-state index contributed by atoms with van der Waals surface area (Å²) in [5.41, 5.74) is 1.94. The van der Waals surface area contributed by atoms with Gasteiger partial charge in [-0.15, -0.1) is 6.58 Å². The SMILES string of the molecule is C=CCO[C@@]12Oc3ccc(OC(=O)NCC)cc3[C@H]3[C@H](CCCCO)[C@@H](CCCCO)C=C(C(=NOC(C)(C)C)C[C@@H]1N(CCC)S(=O)(=O)c1cccc4cccnc14)[C@H]32. The fourth-order valence-corrected chi connectivity index (χ4v) is 11.1. The van der Waals surface area contributed by atoms with Crippen molar-refractivity contribution in [2.75, 3.05) is 32.9 Å². The molecule has 326 valence electrons. The molecule has 1 fully saturated rings. The first kappa shape index (κ1) is 45.2.